The highest BCUT2D eigenvalue weighted by Gasteiger charge is 2.45. The summed E-state index contributed by atoms with van der Waals surface area (Å²) in [5.74, 6) is -5.81. The zero-order chi connectivity index (χ0) is 37.0. The smallest absolute Gasteiger partial charge is 0.408 e. The number of nitrogens with zero attached hydrogens (tertiary/aromatic N) is 1. The lowest BCUT2D eigenvalue weighted by atomic mass is 9.97. The van der Waals surface area contributed by atoms with Gasteiger partial charge < -0.3 is 40.7 Å². The molecule has 0 aromatic heterocycles. The zero-order valence-corrected chi connectivity index (χ0v) is 29.6. The van der Waals surface area contributed by atoms with E-state index >= 15 is 8.78 Å². The van der Waals surface area contributed by atoms with Crippen LogP contribution in [0, 0.1) is 0 Å². The summed E-state index contributed by atoms with van der Waals surface area (Å²) in [6.07, 6.45) is -2.62. The Morgan fingerprint density at radius 3 is 2.12 bits per heavy atom. The molecule has 1 aliphatic rings. The molecule has 1 aromatic rings. The summed E-state index contributed by atoms with van der Waals surface area (Å²) in [6.45, 7) is 10.4. The third kappa shape index (κ3) is 15.0. The van der Waals surface area contributed by atoms with Gasteiger partial charge in [-0.25, -0.2) is 18.4 Å². The van der Waals surface area contributed by atoms with Crippen LogP contribution in [0.1, 0.15) is 86.1 Å². The van der Waals surface area contributed by atoms with Gasteiger partial charge in [0.15, 0.2) is 0 Å². The molecule has 1 fully saturated rings. The van der Waals surface area contributed by atoms with Crippen molar-refractivity contribution in [1.82, 2.24) is 26.2 Å². The lowest BCUT2D eigenvalue weighted by Crippen LogP contribution is -2.59. The summed E-state index contributed by atoms with van der Waals surface area (Å²) in [7, 11) is 0. The largest absolute Gasteiger partial charge is 0.444 e. The zero-order valence-electron chi connectivity index (χ0n) is 29.6. The average Bonchev–Trinajstić information content (AvgIpc) is 3.47. The van der Waals surface area contributed by atoms with E-state index in [1.165, 1.54) is 4.90 Å². The molecule has 2 unspecified atom stereocenters. The van der Waals surface area contributed by atoms with E-state index in [1.807, 2.05) is 11.4 Å². The van der Waals surface area contributed by atoms with E-state index in [1.54, 1.807) is 65.8 Å². The van der Waals surface area contributed by atoms with Gasteiger partial charge in [0.1, 0.15) is 29.4 Å². The number of alkyl carbamates (subject to hydrolysis) is 2. The van der Waals surface area contributed by atoms with Crippen LogP contribution >= 0.6 is 0 Å². The average molecular weight is 698 g/mol. The van der Waals surface area contributed by atoms with Crippen LogP contribution in [0.4, 0.5) is 18.4 Å². The number of amides is 5. The van der Waals surface area contributed by atoms with Crippen molar-refractivity contribution < 1.29 is 47.3 Å². The number of hydrogen-bond acceptors (Lipinski definition) is 8. The van der Waals surface area contributed by atoms with Crippen LogP contribution in [-0.4, -0.2) is 101 Å². The van der Waals surface area contributed by atoms with Gasteiger partial charge in [0.25, 0.3) is 5.92 Å². The Morgan fingerprint density at radius 2 is 1.53 bits per heavy atom. The van der Waals surface area contributed by atoms with Gasteiger partial charge in [-0.15, -0.1) is 0 Å². The maximum absolute atomic E-state index is 15.0. The molecule has 276 valence electrons. The molecule has 5 N–H and O–H groups in total. The van der Waals surface area contributed by atoms with Gasteiger partial charge >= 0.3 is 12.2 Å². The Kier molecular flexibility index (Phi) is 15.2. The van der Waals surface area contributed by atoms with Crippen LogP contribution in [0.2, 0.25) is 0 Å². The van der Waals surface area contributed by atoms with Crippen LogP contribution in [0.15, 0.2) is 30.3 Å². The first kappa shape index (κ1) is 41.2. The Labute approximate surface area is 287 Å². The first-order chi connectivity index (χ1) is 22.7. The van der Waals surface area contributed by atoms with Crippen molar-refractivity contribution in [3.63, 3.8) is 0 Å². The van der Waals surface area contributed by atoms with E-state index in [9.17, 15) is 29.1 Å². The minimum Gasteiger partial charge on any atom is -0.444 e. The Hall–Kier alpha value is -4.01. The number of halogens is 2. The van der Waals surface area contributed by atoms with Crippen LogP contribution < -0.4 is 21.3 Å². The molecule has 0 radical (unpaired) electrons. The molecule has 0 saturated carbocycles. The van der Waals surface area contributed by atoms with E-state index in [0.717, 1.165) is 12.5 Å². The van der Waals surface area contributed by atoms with Crippen molar-refractivity contribution in [3.05, 3.63) is 35.9 Å². The highest BCUT2D eigenvalue weighted by Crippen LogP contribution is 2.25. The summed E-state index contributed by atoms with van der Waals surface area (Å²) < 4.78 is 40.6. The molecule has 0 spiro atoms. The maximum atomic E-state index is 15.0. The molecule has 0 aliphatic carbocycles. The summed E-state index contributed by atoms with van der Waals surface area (Å²) in [5.41, 5.74) is -0.779. The number of unbranched alkanes of at least 4 members (excludes halogenated alkanes) is 1. The second-order valence-electron chi connectivity index (χ2n) is 14.2. The van der Waals surface area contributed by atoms with Gasteiger partial charge in [0.05, 0.1) is 12.6 Å². The number of ether oxygens (including phenoxy) is 2. The lowest BCUT2D eigenvalue weighted by Gasteiger charge is -2.33. The van der Waals surface area contributed by atoms with Gasteiger partial charge in [-0.2, -0.15) is 0 Å². The lowest BCUT2D eigenvalue weighted by molar-refractivity contribution is -0.144. The number of aliphatic hydroxyl groups is 1. The van der Waals surface area contributed by atoms with Gasteiger partial charge in [0.2, 0.25) is 17.7 Å². The number of aliphatic hydroxyl groups excluding tert-OH is 1. The molecule has 1 heterocycles. The van der Waals surface area contributed by atoms with E-state index < -0.39 is 77.8 Å². The van der Waals surface area contributed by atoms with E-state index in [-0.39, 0.29) is 38.8 Å². The monoisotopic (exact) mass is 697 g/mol. The normalized spacial score (nSPS) is 16.9. The number of nitrogens with one attached hydrogen (secondary N) is 4. The molecule has 0 bridgehead atoms. The van der Waals surface area contributed by atoms with Crippen molar-refractivity contribution in [2.75, 3.05) is 19.6 Å². The first-order valence-corrected chi connectivity index (χ1v) is 16.6. The number of carbonyl (C=O) groups excluding carboxylic acids is 5. The van der Waals surface area contributed by atoms with E-state index in [2.05, 4.69) is 16.0 Å². The predicted molar refractivity (Wildman–Crippen MR) is 178 cm³/mol. The number of rotatable bonds is 15. The number of alkyl halides is 2. The van der Waals surface area contributed by atoms with Gasteiger partial charge in [-0.05, 0) is 79.2 Å². The minimum atomic E-state index is -3.80. The summed E-state index contributed by atoms with van der Waals surface area (Å²) in [5, 5.41) is 20.5. The van der Waals surface area contributed by atoms with Crippen molar-refractivity contribution in [2.24, 2.45) is 0 Å². The molecular weight excluding hydrogens is 644 g/mol. The molecule has 49 heavy (non-hydrogen) atoms. The van der Waals surface area contributed by atoms with Crippen LogP contribution in [0.5, 0.6) is 0 Å². The predicted octanol–water partition coefficient (Wildman–Crippen LogP) is 3.43. The van der Waals surface area contributed by atoms with Crippen molar-refractivity contribution >= 4 is 29.9 Å². The second-order valence-corrected chi connectivity index (χ2v) is 14.2. The van der Waals surface area contributed by atoms with Crippen LogP contribution in [0.3, 0.4) is 0 Å². The SMILES string of the molecule is CC(=O)NCC(F)(F)C(O)C(CCCCNC(=O)OC(C)(C)C)NC(=O)[C@@H]1CCCN1C(=O)[C@@H](Cc1ccccc1)NC(=O)OC(C)(C)C. The Balaban J connectivity index is 2.21. The molecule has 15 heteroatoms. The molecule has 1 saturated heterocycles. The highest BCUT2D eigenvalue weighted by molar-refractivity contribution is 5.92. The van der Waals surface area contributed by atoms with E-state index in [0.29, 0.717) is 12.8 Å². The Morgan fingerprint density at radius 1 is 0.918 bits per heavy atom. The van der Waals surface area contributed by atoms with Gasteiger partial charge in [-0.1, -0.05) is 30.3 Å². The number of benzene rings is 1. The third-order valence-electron chi connectivity index (χ3n) is 7.43. The quantitative estimate of drug-likeness (QED) is 0.173. The molecule has 5 amide bonds. The fourth-order valence-corrected chi connectivity index (χ4v) is 5.23. The fourth-order valence-electron chi connectivity index (χ4n) is 5.23. The standard InChI is InChI=1S/C34H53F2N5O8/c1-22(42)38-21-34(35,36)27(43)24(16-11-12-18-37-30(46)48-32(2,3)4)39-28(44)26-17-13-19-41(26)29(45)25(20-23-14-9-8-10-15-23)40-31(47)49-33(5,6)7/h8-10,14-15,24-27,43H,11-13,16-21H2,1-7H3,(H,37,46)(H,38,42)(H,39,44)(H,40,47)/t24?,25-,26+,27?/m1/s1. The topological polar surface area (TPSA) is 175 Å². The molecule has 1 aliphatic heterocycles. The van der Waals surface area contributed by atoms with Crippen molar-refractivity contribution in [1.29, 1.82) is 0 Å². The van der Waals surface area contributed by atoms with Gasteiger partial charge in [-0.3, -0.25) is 14.4 Å². The molecule has 13 nitrogen and oxygen atoms in total. The maximum Gasteiger partial charge on any atom is 0.408 e. The molecule has 1 aromatic carbocycles. The summed E-state index contributed by atoms with van der Waals surface area (Å²) in [6, 6.07) is 5.36. The minimum absolute atomic E-state index is 0.101. The third-order valence-corrected chi connectivity index (χ3v) is 7.43. The number of likely N-dealkylation sites (tertiary alicyclic amines) is 1. The fraction of sp³-hybridized carbons (Fsp3) is 0.676. The molecule has 2 rings (SSSR count). The van der Waals surface area contributed by atoms with Crippen LogP contribution in [0.25, 0.3) is 0 Å². The van der Waals surface area contributed by atoms with E-state index in [4.69, 9.17) is 9.47 Å². The number of carbonyl (C=O) groups is 5. The summed E-state index contributed by atoms with van der Waals surface area (Å²) >= 11 is 0. The summed E-state index contributed by atoms with van der Waals surface area (Å²) in [4.78, 5) is 64.8. The highest BCUT2D eigenvalue weighted by atomic mass is 19.3. The van der Waals surface area contributed by atoms with Crippen molar-refractivity contribution in [2.45, 2.75) is 128 Å². The molecular formula is C34H53F2N5O8. The second kappa shape index (κ2) is 18.1. The van der Waals surface area contributed by atoms with Crippen molar-refractivity contribution in [3.8, 4) is 0 Å². The Bertz CT molecular complexity index is 1270. The van der Waals surface area contributed by atoms with Crippen LogP contribution in [-0.2, 0) is 30.3 Å². The first-order valence-electron chi connectivity index (χ1n) is 16.6. The molecule has 4 atom stereocenters. The number of hydrogen-bond donors (Lipinski definition) is 5. The van der Waals surface area contributed by atoms with Gasteiger partial charge in [0, 0.05) is 26.4 Å².